The molecule has 0 radical (unpaired) electrons. The van der Waals surface area contributed by atoms with E-state index in [1.54, 1.807) is 0 Å². The second kappa shape index (κ2) is 5.05. The van der Waals surface area contributed by atoms with Crippen LogP contribution in [-0.2, 0) is 13.0 Å². The minimum Gasteiger partial charge on any atom is -0.454 e. The van der Waals surface area contributed by atoms with Crippen LogP contribution in [0.5, 0.6) is 23.0 Å². The predicted molar refractivity (Wildman–Crippen MR) is 91.8 cm³/mol. The lowest BCUT2D eigenvalue weighted by molar-refractivity contribution is 0.0599. The summed E-state index contributed by atoms with van der Waals surface area (Å²) in [5.41, 5.74) is 4.71. The highest BCUT2D eigenvalue weighted by atomic mass is 16.7. The first-order chi connectivity index (χ1) is 12.7. The molecular weight excluding hydrogens is 334 g/mol. The summed E-state index contributed by atoms with van der Waals surface area (Å²) in [6.07, 6.45) is 0.143. The molecule has 3 aliphatic heterocycles. The minimum atomic E-state index is -0.463. The molecule has 1 N–H and O–H groups in total. The fourth-order valence-corrected chi connectivity index (χ4v) is 4.91. The normalized spacial score (nSPS) is 27.7. The molecular formula is C20H19NO5. The number of aliphatic hydroxyl groups excluding tert-OH is 1. The Bertz CT molecular complexity index is 851. The van der Waals surface area contributed by atoms with Crippen molar-refractivity contribution in [1.82, 2.24) is 4.90 Å². The molecule has 6 heteroatoms. The number of aliphatic hydroxyl groups is 1. The Morgan fingerprint density at radius 2 is 1.42 bits per heavy atom. The van der Waals surface area contributed by atoms with Gasteiger partial charge in [0.1, 0.15) is 0 Å². The van der Waals surface area contributed by atoms with Crippen molar-refractivity contribution in [1.29, 1.82) is 0 Å². The molecule has 4 aliphatic rings. The summed E-state index contributed by atoms with van der Waals surface area (Å²) >= 11 is 0. The van der Waals surface area contributed by atoms with E-state index in [2.05, 4.69) is 30.1 Å². The van der Waals surface area contributed by atoms with Crippen LogP contribution in [0.4, 0.5) is 0 Å². The van der Waals surface area contributed by atoms with Gasteiger partial charge in [0.15, 0.2) is 23.0 Å². The fraction of sp³-hybridized carbons (Fsp3) is 0.400. The Labute approximate surface area is 150 Å². The molecule has 0 unspecified atom stereocenters. The predicted octanol–water partition coefficient (Wildman–Crippen LogP) is 2.33. The third kappa shape index (κ3) is 1.88. The molecule has 1 aliphatic carbocycles. The molecule has 26 heavy (non-hydrogen) atoms. The van der Waals surface area contributed by atoms with Gasteiger partial charge in [-0.05, 0) is 60.0 Å². The molecule has 0 saturated carbocycles. The van der Waals surface area contributed by atoms with Crippen molar-refractivity contribution in [3.63, 3.8) is 0 Å². The number of hydrogen-bond acceptors (Lipinski definition) is 6. The van der Waals surface area contributed by atoms with Crippen LogP contribution in [0.25, 0.3) is 0 Å². The van der Waals surface area contributed by atoms with Crippen LogP contribution in [0.15, 0.2) is 24.3 Å². The summed E-state index contributed by atoms with van der Waals surface area (Å²) in [7, 11) is 2.11. The lowest BCUT2D eigenvalue weighted by Crippen LogP contribution is -2.43. The van der Waals surface area contributed by atoms with E-state index >= 15 is 0 Å². The zero-order chi connectivity index (χ0) is 17.4. The van der Waals surface area contributed by atoms with Gasteiger partial charge in [-0.15, -0.1) is 0 Å². The second-order valence-electron chi connectivity index (χ2n) is 7.47. The van der Waals surface area contributed by atoms with Gasteiger partial charge in [-0.1, -0.05) is 0 Å². The summed E-state index contributed by atoms with van der Waals surface area (Å²) in [6.45, 7) is 1.32. The van der Waals surface area contributed by atoms with Crippen LogP contribution in [0.1, 0.15) is 34.2 Å². The van der Waals surface area contributed by atoms with Gasteiger partial charge in [0.25, 0.3) is 0 Å². The zero-order valence-corrected chi connectivity index (χ0v) is 14.4. The molecule has 6 nitrogen and oxygen atoms in total. The van der Waals surface area contributed by atoms with Crippen molar-refractivity contribution in [3.8, 4) is 23.0 Å². The number of rotatable bonds is 0. The van der Waals surface area contributed by atoms with Crippen molar-refractivity contribution in [2.45, 2.75) is 31.0 Å². The van der Waals surface area contributed by atoms with E-state index in [-0.39, 0.29) is 25.5 Å². The molecule has 0 fully saturated rings. The van der Waals surface area contributed by atoms with Crippen molar-refractivity contribution in [2.24, 2.45) is 0 Å². The van der Waals surface area contributed by atoms with E-state index in [1.807, 2.05) is 6.07 Å². The van der Waals surface area contributed by atoms with Gasteiger partial charge in [0, 0.05) is 18.5 Å². The highest BCUT2D eigenvalue weighted by molar-refractivity contribution is 5.56. The van der Waals surface area contributed by atoms with E-state index in [9.17, 15) is 5.11 Å². The average molecular weight is 353 g/mol. The maximum atomic E-state index is 11.0. The Morgan fingerprint density at radius 1 is 0.846 bits per heavy atom. The molecule has 2 aromatic carbocycles. The lowest BCUT2D eigenvalue weighted by Gasteiger charge is -2.46. The highest BCUT2D eigenvalue weighted by Crippen LogP contribution is 2.53. The van der Waals surface area contributed by atoms with Gasteiger partial charge in [-0.25, -0.2) is 0 Å². The number of benzene rings is 2. The van der Waals surface area contributed by atoms with E-state index < -0.39 is 6.10 Å². The number of ether oxygens (including phenoxy) is 4. The summed E-state index contributed by atoms with van der Waals surface area (Å²) in [5.74, 6) is 3.13. The van der Waals surface area contributed by atoms with Gasteiger partial charge in [0.2, 0.25) is 13.6 Å². The van der Waals surface area contributed by atoms with Crippen molar-refractivity contribution in [2.75, 3.05) is 20.6 Å². The van der Waals surface area contributed by atoms with E-state index in [1.165, 1.54) is 11.1 Å². The van der Waals surface area contributed by atoms with Crippen LogP contribution in [0.2, 0.25) is 0 Å². The summed E-state index contributed by atoms with van der Waals surface area (Å²) in [5, 5.41) is 11.0. The van der Waals surface area contributed by atoms with Crippen molar-refractivity contribution >= 4 is 0 Å². The standard InChI is InChI=1S/C20H19NO5/c1-21-7-11-4-16-17(25-9-24-16)5-12(11)19-14(22)2-10-3-15-18(26-8-23-15)6-13(10)20(19)21/h3-6,14,19-20,22H,2,7-9H2,1H3/t14-,19-,20+/m0/s1. The highest BCUT2D eigenvalue weighted by Gasteiger charge is 2.44. The van der Waals surface area contributed by atoms with E-state index in [0.717, 1.165) is 40.7 Å². The molecule has 0 amide bonds. The molecule has 0 saturated heterocycles. The SMILES string of the molecule is CN1Cc2cc3c(cc2[C@@H]2[C@H]1c1cc4c(cc1C[C@@H]2O)OCO4)OCO3. The van der Waals surface area contributed by atoms with E-state index in [4.69, 9.17) is 18.9 Å². The second-order valence-corrected chi connectivity index (χ2v) is 7.47. The van der Waals surface area contributed by atoms with Gasteiger partial charge < -0.3 is 24.1 Å². The number of fused-ring (bicyclic) bond motifs is 7. The van der Waals surface area contributed by atoms with Crippen LogP contribution in [-0.4, -0.2) is 36.7 Å². The Morgan fingerprint density at radius 3 is 2.12 bits per heavy atom. The lowest BCUT2D eigenvalue weighted by atomic mass is 9.70. The van der Waals surface area contributed by atoms with Gasteiger partial charge >= 0.3 is 0 Å². The monoisotopic (exact) mass is 353 g/mol. The zero-order valence-electron chi connectivity index (χ0n) is 14.4. The van der Waals surface area contributed by atoms with E-state index in [0.29, 0.717) is 6.42 Å². The smallest absolute Gasteiger partial charge is 0.231 e. The molecule has 2 aromatic rings. The summed E-state index contributed by atoms with van der Waals surface area (Å²) in [6, 6.07) is 8.34. The fourth-order valence-electron chi connectivity index (χ4n) is 4.91. The molecule has 6 rings (SSSR count). The number of likely N-dealkylation sites (N-methyl/N-ethyl adjacent to an activating group) is 1. The third-order valence-electron chi connectivity index (χ3n) is 6.02. The largest absolute Gasteiger partial charge is 0.454 e. The Kier molecular flexibility index (Phi) is 2.86. The van der Waals surface area contributed by atoms with Crippen LogP contribution in [0.3, 0.4) is 0 Å². The number of hydrogen-bond donors (Lipinski definition) is 1. The van der Waals surface area contributed by atoms with Crippen LogP contribution >= 0.6 is 0 Å². The first-order valence-electron chi connectivity index (χ1n) is 8.92. The van der Waals surface area contributed by atoms with Gasteiger partial charge in [0.05, 0.1) is 6.10 Å². The Balaban J connectivity index is 1.52. The maximum absolute atomic E-state index is 11.0. The quantitative estimate of drug-likeness (QED) is 0.784. The third-order valence-corrected chi connectivity index (χ3v) is 6.02. The molecule has 0 aromatic heterocycles. The van der Waals surface area contributed by atoms with Crippen LogP contribution in [0, 0.1) is 0 Å². The minimum absolute atomic E-state index is 0.00822. The topological polar surface area (TPSA) is 60.4 Å². The molecule has 0 spiro atoms. The molecule has 3 heterocycles. The van der Waals surface area contributed by atoms with Crippen molar-refractivity contribution in [3.05, 3.63) is 46.5 Å². The van der Waals surface area contributed by atoms with Gasteiger partial charge in [-0.3, -0.25) is 4.90 Å². The molecule has 134 valence electrons. The van der Waals surface area contributed by atoms with Gasteiger partial charge in [-0.2, -0.15) is 0 Å². The van der Waals surface area contributed by atoms with Crippen LogP contribution < -0.4 is 18.9 Å². The first-order valence-corrected chi connectivity index (χ1v) is 8.92. The first kappa shape index (κ1) is 14.7. The average Bonchev–Trinajstić information content (AvgIpc) is 3.26. The number of nitrogens with zero attached hydrogens (tertiary/aromatic N) is 1. The Hall–Kier alpha value is -2.44. The maximum Gasteiger partial charge on any atom is 0.231 e. The molecule has 3 atom stereocenters. The van der Waals surface area contributed by atoms with Crippen molar-refractivity contribution < 1.29 is 24.1 Å². The summed E-state index contributed by atoms with van der Waals surface area (Å²) in [4.78, 5) is 2.30. The summed E-state index contributed by atoms with van der Waals surface area (Å²) < 4.78 is 22.2. The molecule has 0 bridgehead atoms.